The third-order valence-corrected chi connectivity index (χ3v) is 3.06. The van der Waals surface area contributed by atoms with E-state index in [2.05, 4.69) is 0 Å². The van der Waals surface area contributed by atoms with E-state index >= 15 is 0 Å². The van der Waals surface area contributed by atoms with Crippen LogP contribution in [-0.2, 0) is 4.74 Å². The van der Waals surface area contributed by atoms with Crippen molar-refractivity contribution in [2.75, 3.05) is 6.61 Å². The molecule has 84 valence electrons. The highest BCUT2D eigenvalue weighted by Crippen LogP contribution is 2.21. The molecule has 1 saturated carbocycles. The Balaban J connectivity index is 2.23. The molecule has 0 aliphatic heterocycles. The fourth-order valence-electron chi connectivity index (χ4n) is 1.73. The van der Waals surface area contributed by atoms with E-state index in [9.17, 15) is 5.11 Å². The summed E-state index contributed by atoms with van der Waals surface area (Å²) in [6.45, 7) is 4.21. The smallest absolute Gasteiger partial charge is 0.0849 e. The Kier molecular flexibility index (Phi) is 4.35. The zero-order chi connectivity index (χ0) is 10.6. The predicted molar refractivity (Wildman–Crippen MR) is 57.1 cm³/mol. The largest absolute Gasteiger partial charge is 0.388 e. The molecule has 0 heterocycles. The lowest BCUT2D eigenvalue weighted by Crippen LogP contribution is -2.37. The van der Waals surface area contributed by atoms with Crippen molar-refractivity contribution in [3.63, 3.8) is 0 Å². The van der Waals surface area contributed by atoms with Crippen molar-refractivity contribution >= 4 is 0 Å². The van der Waals surface area contributed by atoms with Gasteiger partial charge in [-0.3, -0.25) is 0 Å². The van der Waals surface area contributed by atoms with E-state index < -0.39 is 5.60 Å². The van der Waals surface area contributed by atoms with Gasteiger partial charge in [0.2, 0.25) is 0 Å². The minimum atomic E-state index is -0.679. The van der Waals surface area contributed by atoms with Gasteiger partial charge in [0.05, 0.1) is 18.3 Å². The average molecular weight is 201 g/mol. The average Bonchev–Trinajstić information content (AvgIpc) is 2.15. The third kappa shape index (κ3) is 3.95. The van der Waals surface area contributed by atoms with Crippen molar-refractivity contribution in [3.05, 3.63) is 0 Å². The molecule has 0 bridgehead atoms. The van der Waals surface area contributed by atoms with E-state index in [0.29, 0.717) is 12.6 Å². The Labute approximate surface area is 86.6 Å². The Morgan fingerprint density at radius 3 is 2.79 bits per heavy atom. The summed E-state index contributed by atoms with van der Waals surface area (Å²) in [5.74, 6) is 0. The Hall–Kier alpha value is -0.120. The molecule has 0 radical (unpaired) electrons. The molecule has 0 spiro atoms. The lowest BCUT2D eigenvalue weighted by Gasteiger charge is -2.30. The second-order valence-corrected chi connectivity index (χ2v) is 4.71. The Morgan fingerprint density at radius 1 is 1.50 bits per heavy atom. The van der Waals surface area contributed by atoms with Crippen LogP contribution < -0.4 is 5.73 Å². The summed E-state index contributed by atoms with van der Waals surface area (Å²) < 4.78 is 5.68. The first kappa shape index (κ1) is 12.0. The maximum Gasteiger partial charge on any atom is 0.0849 e. The topological polar surface area (TPSA) is 55.5 Å². The summed E-state index contributed by atoms with van der Waals surface area (Å²) in [4.78, 5) is 0. The minimum Gasteiger partial charge on any atom is -0.388 e. The Bertz CT molecular complexity index is 171. The van der Waals surface area contributed by atoms with Crippen molar-refractivity contribution in [2.24, 2.45) is 5.73 Å². The summed E-state index contributed by atoms with van der Waals surface area (Å²) in [5, 5.41) is 9.76. The van der Waals surface area contributed by atoms with Gasteiger partial charge in [0.25, 0.3) is 0 Å². The van der Waals surface area contributed by atoms with Crippen LogP contribution >= 0.6 is 0 Å². The summed E-state index contributed by atoms with van der Waals surface area (Å²) in [5.41, 5.74) is 5.18. The van der Waals surface area contributed by atoms with Crippen molar-refractivity contribution in [3.8, 4) is 0 Å². The molecular weight excluding hydrogens is 178 g/mol. The second-order valence-electron chi connectivity index (χ2n) is 4.71. The van der Waals surface area contributed by atoms with Crippen molar-refractivity contribution in [1.82, 2.24) is 0 Å². The summed E-state index contributed by atoms with van der Waals surface area (Å²) >= 11 is 0. The number of ether oxygens (including phenoxy) is 1. The number of rotatable bonds is 4. The fraction of sp³-hybridized carbons (Fsp3) is 1.00. The normalized spacial score (nSPS) is 32.6. The predicted octanol–water partition coefficient (Wildman–Crippen LogP) is 1.43. The second kappa shape index (κ2) is 5.10. The standard InChI is InChI=1S/C11H23NO2/c1-3-11(2,13)8-14-10-6-4-5-9(12)7-10/h9-10,13H,3-8,12H2,1-2H3. The lowest BCUT2D eigenvalue weighted by atomic mass is 9.93. The van der Waals surface area contributed by atoms with Crippen LogP contribution in [-0.4, -0.2) is 29.5 Å². The maximum atomic E-state index is 9.76. The minimum absolute atomic E-state index is 0.261. The lowest BCUT2D eigenvalue weighted by molar-refractivity contribution is -0.0745. The van der Waals surface area contributed by atoms with Gasteiger partial charge in [-0.2, -0.15) is 0 Å². The number of hydrogen-bond acceptors (Lipinski definition) is 3. The molecule has 3 atom stereocenters. The van der Waals surface area contributed by atoms with Gasteiger partial charge >= 0.3 is 0 Å². The molecule has 1 aliphatic carbocycles. The van der Waals surface area contributed by atoms with E-state index in [0.717, 1.165) is 32.1 Å². The third-order valence-electron chi connectivity index (χ3n) is 3.06. The van der Waals surface area contributed by atoms with E-state index in [1.54, 1.807) is 0 Å². The molecule has 1 rings (SSSR count). The summed E-state index contributed by atoms with van der Waals surface area (Å²) in [7, 11) is 0. The van der Waals surface area contributed by atoms with Gasteiger partial charge in [-0.05, 0) is 39.0 Å². The van der Waals surface area contributed by atoms with Crippen LogP contribution in [0.1, 0.15) is 46.0 Å². The molecular formula is C11H23NO2. The molecule has 0 aromatic carbocycles. The molecule has 3 heteroatoms. The number of nitrogens with two attached hydrogens (primary N) is 1. The van der Waals surface area contributed by atoms with Crippen LogP contribution in [0, 0.1) is 0 Å². The molecule has 14 heavy (non-hydrogen) atoms. The van der Waals surface area contributed by atoms with Crippen LogP contribution in [0.3, 0.4) is 0 Å². The first-order valence-corrected chi connectivity index (χ1v) is 5.63. The molecule has 0 amide bonds. The molecule has 3 nitrogen and oxygen atoms in total. The zero-order valence-electron chi connectivity index (χ0n) is 9.33. The molecule has 1 aliphatic rings. The first-order chi connectivity index (χ1) is 6.53. The highest BCUT2D eigenvalue weighted by Gasteiger charge is 2.24. The fourth-order valence-corrected chi connectivity index (χ4v) is 1.73. The van der Waals surface area contributed by atoms with Gasteiger partial charge in [-0.1, -0.05) is 6.92 Å². The van der Waals surface area contributed by atoms with Gasteiger partial charge in [0, 0.05) is 6.04 Å². The van der Waals surface area contributed by atoms with E-state index in [4.69, 9.17) is 10.5 Å². The van der Waals surface area contributed by atoms with Crippen LogP contribution in [0.15, 0.2) is 0 Å². The van der Waals surface area contributed by atoms with Crippen molar-refractivity contribution < 1.29 is 9.84 Å². The Morgan fingerprint density at radius 2 is 2.21 bits per heavy atom. The van der Waals surface area contributed by atoms with Crippen LogP contribution in [0.25, 0.3) is 0 Å². The van der Waals surface area contributed by atoms with Crippen molar-refractivity contribution in [2.45, 2.75) is 63.7 Å². The van der Waals surface area contributed by atoms with Gasteiger partial charge in [-0.25, -0.2) is 0 Å². The van der Waals surface area contributed by atoms with Crippen LogP contribution in [0.4, 0.5) is 0 Å². The van der Waals surface area contributed by atoms with Gasteiger partial charge in [0.15, 0.2) is 0 Å². The quantitative estimate of drug-likeness (QED) is 0.723. The monoisotopic (exact) mass is 201 g/mol. The molecule has 3 unspecified atom stereocenters. The zero-order valence-corrected chi connectivity index (χ0v) is 9.33. The highest BCUT2D eigenvalue weighted by molar-refractivity contribution is 4.77. The molecule has 0 aromatic heterocycles. The van der Waals surface area contributed by atoms with E-state index in [-0.39, 0.29) is 6.10 Å². The molecule has 0 saturated heterocycles. The molecule has 1 fully saturated rings. The van der Waals surface area contributed by atoms with E-state index in [1.165, 1.54) is 0 Å². The molecule has 0 aromatic rings. The van der Waals surface area contributed by atoms with Gasteiger partial charge < -0.3 is 15.6 Å². The first-order valence-electron chi connectivity index (χ1n) is 5.63. The van der Waals surface area contributed by atoms with Crippen LogP contribution in [0.2, 0.25) is 0 Å². The highest BCUT2D eigenvalue weighted by atomic mass is 16.5. The maximum absolute atomic E-state index is 9.76. The summed E-state index contributed by atoms with van der Waals surface area (Å²) in [6, 6.07) is 0.292. The SMILES string of the molecule is CCC(C)(O)COC1CCCC(N)C1. The van der Waals surface area contributed by atoms with Crippen molar-refractivity contribution in [1.29, 1.82) is 0 Å². The summed E-state index contributed by atoms with van der Waals surface area (Å²) in [6.07, 6.45) is 5.29. The van der Waals surface area contributed by atoms with E-state index in [1.807, 2.05) is 13.8 Å². The number of hydrogen-bond donors (Lipinski definition) is 2. The number of aliphatic hydroxyl groups is 1. The van der Waals surface area contributed by atoms with Gasteiger partial charge in [-0.15, -0.1) is 0 Å². The van der Waals surface area contributed by atoms with Gasteiger partial charge in [0.1, 0.15) is 0 Å². The molecule has 3 N–H and O–H groups in total. The van der Waals surface area contributed by atoms with Crippen LogP contribution in [0.5, 0.6) is 0 Å².